The van der Waals surface area contributed by atoms with Gasteiger partial charge in [0.05, 0.1) is 0 Å². The van der Waals surface area contributed by atoms with E-state index in [4.69, 9.17) is 21.1 Å². The van der Waals surface area contributed by atoms with Gasteiger partial charge in [-0.1, -0.05) is 29.8 Å². The van der Waals surface area contributed by atoms with Crippen molar-refractivity contribution in [3.05, 3.63) is 59.1 Å². The first-order chi connectivity index (χ1) is 13.1. The molecule has 2 aromatic carbocycles. The number of aryl methyl sites for hydroxylation is 1. The van der Waals surface area contributed by atoms with Crippen molar-refractivity contribution in [3.63, 3.8) is 0 Å². The monoisotopic (exact) mass is 388 g/mol. The molecule has 0 radical (unpaired) electrons. The predicted octanol–water partition coefficient (Wildman–Crippen LogP) is 3.25. The largest absolute Gasteiger partial charge is 0.492 e. The summed E-state index contributed by atoms with van der Waals surface area (Å²) < 4.78 is 11.4. The minimum Gasteiger partial charge on any atom is -0.492 e. The van der Waals surface area contributed by atoms with Crippen LogP contribution in [0.1, 0.15) is 5.56 Å². The molecule has 1 aliphatic rings. The minimum atomic E-state index is 0.0146. The van der Waals surface area contributed by atoms with Crippen LogP contribution < -0.4 is 9.47 Å². The molecule has 1 aliphatic heterocycles. The van der Waals surface area contributed by atoms with Gasteiger partial charge in [-0.05, 0) is 42.8 Å². The molecule has 0 aromatic heterocycles. The summed E-state index contributed by atoms with van der Waals surface area (Å²) in [6.45, 7) is 6.74. The fourth-order valence-corrected chi connectivity index (χ4v) is 3.12. The fraction of sp³-hybridized carbons (Fsp3) is 0.381. The summed E-state index contributed by atoms with van der Waals surface area (Å²) in [5.74, 6) is 1.60. The molecule has 3 rings (SSSR count). The van der Waals surface area contributed by atoms with Crippen LogP contribution in [0.2, 0.25) is 5.02 Å². The zero-order valence-electron chi connectivity index (χ0n) is 15.6. The molecule has 0 bridgehead atoms. The van der Waals surface area contributed by atoms with Crippen LogP contribution in [0.5, 0.6) is 11.5 Å². The van der Waals surface area contributed by atoms with Crippen LogP contribution >= 0.6 is 11.6 Å². The Morgan fingerprint density at radius 1 is 1.00 bits per heavy atom. The zero-order valence-corrected chi connectivity index (χ0v) is 16.3. The lowest BCUT2D eigenvalue weighted by Gasteiger charge is -2.34. The average molecular weight is 389 g/mol. The Morgan fingerprint density at radius 2 is 1.70 bits per heavy atom. The van der Waals surface area contributed by atoms with Gasteiger partial charge in [0, 0.05) is 37.7 Å². The molecule has 0 N–H and O–H groups in total. The van der Waals surface area contributed by atoms with Crippen LogP contribution in [-0.4, -0.2) is 61.6 Å². The molecule has 1 heterocycles. The van der Waals surface area contributed by atoms with E-state index in [1.54, 1.807) is 24.3 Å². The van der Waals surface area contributed by atoms with E-state index in [0.29, 0.717) is 30.5 Å². The van der Waals surface area contributed by atoms with Crippen LogP contribution in [0.15, 0.2) is 48.5 Å². The molecule has 1 fully saturated rings. The van der Waals surface area contributed by atoms with Crippen LogP contribution in [-0.2, 0) is 4.79 Å². The standard InChI is InChI=1S/C21H25ClN2O3/c1-17-4-2-3-5-20(17)26-15-14-23-10-12-24(13-11-23)21(25)16-27-19-8-6-18(22)7-9-19/h2-9H,10-16H2,1H3. The van der Waals surface area contributed by atoms with Crippen molar-refractivity contribution in [2.24, 2.45) is 0 Å². The molecule has 0 atom stereocenters. The van der Waals surface area contributed by atoms with Crippen LogP contribution in [0.3, 0.4) is 0 Å². The molecule has 0 unspecified atom stereocenters. The quantitative estimate of drug-likeness (QED) is 0.730. The van der Waals surface area contributed by atoms with Crippen molar-refractivity contribution in [2.45, 2.75) is 6.92 Å². The van der Waals surface area contributed by atoms with Gasteiger partial charge in [-0.2, -0.15) is 0 Å². The van der Waals surface area contributed by atoms with Gasteiger partial charge in [-0.25, -0.2) is 0 Å². The number of ether oxygens (including phenoxy) is 2. The van der Waals surface area contributed by atoms with E-state index < -0.39 is 0 Å². The van der Waals surface area contributed by atoms with Gasteiger partial charge in [-0.3, -0.25) is 9.69 Å². The van der Waals surface area contributed by atoms with Gasteiger partial charge in [0.25, 0.3) is 5.91 Å². The van der Waals surface area contributed by atoms with Gasteiger partial charge >= 0.3 is 0 Å². The number of rotatable bonds is 7. The molecule has 0 saturated carbocycles. The lowest BCUT2D eigenvalue weighted by molar-refractivity contribution is -0.135. The molecule has 0 aliphatic carbocycles. The Morgan fingerprint density at radius 3 is 2.41 bits per heavy atom. The Kier molecular flexibility index (Phi) is 6.96. The van der Waals surface area contributed by atoms with Crippen molar-refractivity contribution in [2.75, 3.05) is 45.9 Å². The normalized spacial score (nSPS) is 14.8. The SMILES string of the molecule is Cc1ccccc1OCCN1CCN(C(=O)COc2ccc(Cl)cc2)CC1. The molecule has 144 valence electrons. The van der Waals surface area contributed by atoms with Crippen molar-refractivity contribution in [3.8, 4) is 11.5 Å². The summed E-state index contributed by atoms with van der Waals surface area (Å²) in [5, 5.41) is 0.649. The Bertz CT molecular complexity index is 743. The lowest BCUT2D eigenvalue weighted by atomic mass is 10.2. The molecule has 27 heavy (non-hydrogen) atoms. The number of piperazine rings is 1. The third-order valence-electron chi connectivity index (χ3n) is 4.66. The smallest absolute Gasteiger partial charge is 0.260 e. The number of halogens is 1. The molecule has 5 nitrogen and oxygen atoms in total. The summed E-state index contributed by atoms with van der Waals surface area (Å²) >= 11 is 5.84. The Balaban J connectivity index is 1.35. The molecule has 6 heteroatoms. The number of nitrogens with zero attached hydrogens (tertiary/aromatic N) is 2. The van der Waals surface area contributed by atoms with E-state index in [9.17, 15) is 4.79 Å². The predicted molar refractivity (Wildman–Crippen MR) is 107 cm³/mol. The van der Waals surface area contributed by atoms with Crippen molar-refractivity contribution in [1.29, 1.82) is 0 Å². The maximum absolute atomic E-state index is 12.3. The molecule has 1 amide bonds. The highest BCUT2D eigenvalue weighted by molar-refractivity contribution is 6.30. The maximum Gasteiger partial charge on any atom is 0.260 e. The first-order valence-electron chi connectivity index (χ1n) is 9.19. The second-order valence-electron chi connectivity index (χ2n) is 6.58. The van der Waals surface area contributed by atoms with Crippen molar-refractivity contribution >= 4 is 17.5 Å². The lowest BCUT2D eigenvalue weighted by Crippen LogP contribution is -2.50. The number of carbonyl (C=O) groups is 1. The van der Waals surface area contributed by atoms with E-state index >= 15 is 0 Å². The minimum absolute atomic E-state index is 0.0146. The van der Waals surface area contributed by atoms with E-state index in [1.165, 1.54) is 0 Å². The first-order valence-corrected chi connectivity index (χ1v) is 9.56. The van der Waals surface area contributed by atoms with Crippen LogP contribution in [0.25, 0.3) is 0 Å². The topological polar surface area (TPSA) is 42.0 Å². The highest BCUT2D eigenvalue weighted by Crippen LogP contribution is 2.17. The Labute approximate surface area is 165 Å². The number of para-hydroxylation sites is 1. The van der Waals surface area contributed by atoms with Gasteiger partial charge in [0.15, 0.2) is 6.61 Å². The van der Waals surface area contributed by atoms with Crippen molar-refractivity contribution < 1.29 is 14.3 Å². The summed E-state index contributed by atoms with van der Waals surface area (Å²) in [6.07, 6.45) is 0. The summed E-state index contributed by atoms with van der Waals surface area (Å²) in [7, 11) is 0. The number of amides is 1. The maximum atomic E-state index is 12.3. The molecule has 2 aromatic rings. The average Bonchev–Trinajstić information content (AvgIpc) is 2.69. The fourth-order valence-electron chi connectivity index (χ4n) is 2.99. The van der Waals surface area contributed by atoms with Crippen LogP contribution in [0.4, 0.5) is 0 Å². The Hall–Kier alpha value is -2.24. The molecule has 0 spiro atoms. The first kappa shape index (κ1) is 19.5. The summed E-state index contributed by atoms with van der Waals surface area (Å²) in [4.78, 5) is 16.5. The number of carbonyl (C=O) groups excluding carboxylic acids is 1. The summed E-state index contributed by atoms with van der Waals surface area (Å²) in [6, 6.07) is 15.1. The van der Waals surface area contributed by atoms with E-state index in [2.05, 4.69) is 4.90 Å². The highest BCUT2D eigenvalue weighted by atomic mass is 35.5. The van der Waals surface area contributed by atoms with Crippen LogP contribution in [0, 0.1) is 6.92 Å². The van der Waals surface area contributed by atoms with Crippen molar-refractivity contribution in [1.82, 2.24) is 9.80 Å². The number of benzene rings is 2. The van der Waals surface area contributed by atoms with E-state index in [-0.39, 0.29) is 12.5 Å². The highest BCUT2D eigenvalue weighted by Gasteiger charge is 2.21. The van der Waals surface area contributed by atoms with E-state index in [1.807, 2.05) is 36.1 Å². The van der Waals surface area contributed by atoms with E-state index in [0.717, 1.165) is 30.9 Å². The van der Waals surface area contributed by atoms with Gasteiger partial charge in [-0.15, -0.1) is 0 Å². The van der Waals surface area contributed by atoms with Gasteiger partial charge in [0.1, 0.15) is 18.1 Å². The summed E-state index contributed by atoms with van der Waals surface area (Å²) in [5.41, 5.74) is 1.15. The third kappa shape index (κ3) is 5.88. The molecular formula is C21H25ClN2O3. The van der Waals surface area contributed by atoms with Gasteiger partial charge < -0.3 is 14.4 Å². The zero-order chi connectivity index (χ0) is 19.1. The molecular weight excluding hydrogens is 364 g/mol. The number of hydrogen-bond donors (Lipinski definition) is 0. The second-order valence-corrected chi connectivity index (χ2v) is 7.02. The second kappa shape index (κ2) is 9.62. The number of hydrogen-bond acceptors (Lipinski definition) is 4. The van der Waals surface area contributed by atoms with Gasteiger partial charge in [0.2, 0.25) is 0 Å². The molecule has 1 saturated heterocycles. The third-order valence-corrected chi connectivity index (χ3v) is 4.91.